The van der Waals surface area contributed by atoms with E-state index in [-0.39, 0.29) is 15.6 Å². The van der Waals surface area contributed by atoms with Crippen LogP contribution in [0.2, 0.25) is 5.02 Å². The lowest BCUT2D eigenvalue weighted by Gasteiger charge is -2.18. The van der Waals surface area contributed by atoms with Gasteiger partial charge in [-0.15, -0.1) is 0 Å². The largest absolute Gasteiger partial charge is 0.396 e. The van der Waals surface area contributed by atoms with Crippen LogP contribution >= 0.6 is 11.6 Å². The van der Waals surface area contributed by atoms with Gasteiger partial charge < -0.3 is 5.73 Å². The fourth-order valence-electron chi connectivity index (χ4n) is 1.41. The molecular formula is C11H16ClFN2O2S. The molecule has 1 rings (SSSR count). The highest BCUT2D eigenvalue weighted by Crippen LogP contribution is 2.28. The van der Waals surface area contributed by atoms with Crippen LogP contribution in [0.5, 0.6) is 0 Å². The molecule has 4 nitrogen and oxygen atoms in total. The molecule has 0 saturated carbocycles. The van der Waals surface area contributed by atoms with E-state index in [0.717, 1.165) is 25.0 Å². The number of sulfonamides is 1. The maximum Gasteiger partial charge on any atom is 0.244 e. The van der Waals surface area contributed by atoms with Gasteiger partial charge in [0.15, 0.2) is 0 Å². The Morgan fingerprint density at radius 1 is 1.44 bits per heavy atom. The van der Waals surface area contributed by atoms with Gasteiger partial charge in [0.1, 0.15) is 10.7 Å². The number of hydrogen-bond acceptors (Lipinski definition) is 3. The average Bonchev–Trinajstić information content (AvgIpc) is 2.30. The van der Waals surface area contributed by atoms with Crippen LogP contribution in [0.1, 0.15) is 19.8 Å². The monoisotopic (exact) mass is 294 g/mol. The lowest BCUT2D eigenvalue weighted by Crippen LogP contribution is -2.28. The van der Waals surface area contributed by atoms with E-state index in [1.165, 1.54) is 11.4 Å². The standard InChI is InChI=1S/C11H16ClFN2O2S/c1-3-4-5-15(2)18(16,17)11-7-10(14)9(13)6-8(11)12/h6-7H,3-5,14H2,1-2H3. The van der Waals surface area contributed by atoms with E-state index in [2.05, 4.69) is 0 Å². The minimum atomic E-state index is -3.73. The number of anilines is 1. The number of benzene rings is 1. The van der Waals surface area contributed by atoms with Crippen LogP contribution < -0.4 is 5.73 Å². The molecule has 0 radical (unpaired) electrons. The molecule has 0 aromatic heterocycles. The molecule has 2 N–H and O–H groups in total. The Labute approximate surface area is 112 Å². The molecule has 0 unspecified atom stereocenters. The number of nitrogens with zero attached hydrogens (tertiary/aromatic N) is 1. The quantitative estimate of drug-likeness (QED) is 0.849. The Hall–Kier alpha value is -0.850. The average molecular weight is 295 g/mol. The SMILES string of the molecule is CCCCN(C)S(=O)(=O)c1cc(N)c(F)cc1Cl. The highest BCUT2D eigenvalue weighted by molar-refractivity contribution is 7.89. The zero-order valence-corrected chi connectivity index (χ0v) is 11.9. The molecule has 18 heavy (non-hydrogen) atoms. The summed E-state index contributed by atoms with van der Waals surface area (Å²) in [5.74, 6) is -0.727. The number of nitrogens with two attached hydrogens (primary N) is 1. The predicted octanol–water partition coefficient (Wildman–Crippen LogP) is 2.48. The van der Waals surface area contributed by atoms with Crippen LogP contribution in [0.25, 0.3) is 0 Å². The van der Waals surface area contributed by atoms with Crippen molar-refractivity contribution in [3.63, 3.8) is 0 Å². The first-order valence-electron chi connectivity index (χ1n) is 5.51. The molecule has 0 aliphatic carbocycles. The Kier molecular flexibility index (Phi) is 4.95. The van der Waals surface area contributed by atoms with Crippen LogP contribution in [-0.4, -0.2) is 26.3 Å². The smallest absolute Gasteiger partial charge is 0.244 e. The molecule has 0 aliphatic heterocycles. The molecule has 1 aromatic carbocycles. The lowest BCUT2D eigenvalue weighted by molar-refractivity contribution is 0.459. The zero-order valence-electron chi connectivity index (χ0n) is 10.3. The lowest BCUT2D eigenvalue weighted by atomic mass is 10.3. The highest BCUT2D eigenvalue weighted by Gasteiger charge is 2.24. The van der Waals surface area contributed by atoms with Crippen molar-refractivity contribution in [1.29, 1.82) is 0 Å². The summed E-state index contributed by atoms with van der Waals surface area (Å²) in [7, 11) is -2.27. The molecule has 0 atom stereocenters. The summed E-state index contributed by atoms with van der Waals surface area (Å²) < 4.78 is 38.7. The van der Waals surface area contributed by atoms with E-state index in [1.54, 1.807) is 0 Å². The summed E-state index contributed by atoms with van der Waals surface area (Å²) in [6, 6.07) is 1.97. The fraction of sp³-hybridized carbons (Fsp3) is 0.455. The van der Waals surface area contributed by atoms with Gasteiger partial charge in [-0.25, -0.2) is 17.1 Å². The van der Waals surface area contributed by atoms with Crippen molar-refractivity contribution >= 4 is 27.3 Å². The van der Waals surface area contributed by atoms with Crippen LogP contribution in [0.3, 0.4) is 0 Å². The second-order valence-corrected chi connectivity index (χ2v) is 6.40. The van der Waals surface area contributed by atoms with Gasteiger partial charge in [-0.3, -0.25) is 0 Å². The molecule has 0 bridgehead atoms. The Morgan fingerprint density at radius 2 is 2.06 bits per heavy atom. The van der Waals surface area contributed by atoms with E-state index < -0.39 is 15.8 Å². The van der Waals surface area contributed by atoms with Gasteiger partial charge in [-0.1, -0.05) is 24.9 Å². The van der Waals surface area contributed by atoms with Crippen molar-refractivity contribution in [1.82, 2.24) is 4.31 Å². The zero-order chi connectivity index (χ0) is 13.9. The number of unbranched alkanes of at least 4 members (excludes halogenated alkanes) is 1. The van der Waals surface area contributed by atoms with Gasteiger partial charge in [-0.2, -0.15) is 0 Å². The van der Waals surface area contributed by atoms with Crippen molar-refractivity contribution < 1.29 is 12.8 Å². The summed E-state index contributed by atoms with van der Waals surface area (Å²) in [6.07, 6.45) is 1.61. The van der Waals surface area contributed by atoms with Gasteiger partial charge >= 0.3 is 0 Å². The third-order valence-electron chi connectivity index (χ3n) is 2.57. The van der Waals surface area contributed by atoms with E-state index in [0.29, 0.717) is 6.54 Å². The van der Waals surface area contributed by atoms with Crippen LogP contribution in [0, 0.1) is 5.82 Å². The van der Waals surface area contributed by atoms with Crippen molar-refractivity contribution in [2.45, 2.75) is 24.7 Å². The summed E-state index contributed by atoms with van der Waals surface area (Å²) in [5, 5.41) is -0.162. The Morgan fingerprint density at radius 3 is 2.61 bits per heavy atom. The van der Waals surface area contributed by atoms with E-state index in [9.17, 15) is 12.8 Å². The van der Waals surface area contributed by atoms with E-state index >= 15 is 0 Å². The topological polar surface area (TPSA) is 63.4 Å². The van der Waals surface area contributed by atoms with Gasteiger partial charge in [0, 0.05) is 13.6 Å². The number of nitrogen functional groups attached to an aromatic ring is 1. The molecule has 0 amide bonds. The summed E-state index contributed by atoms with van der Waals surface area (Å²) in [6.45, 7) is 2.34. The maximum absolute atomic E-state index is 13.1. The Balaban J connectivity index is 3.16. The number of hydrogen-bond donors (Lipinski definition) is 1. The first-order chi connectivity index (χ1) is 8.30. The highest BCUT2D eigenvalue weighted by atomic mass is 35.5. The maximum atomic E-state index is 13.1. The summed E-state index contributed by atoms with van der Waals surface area (Å²) >= 11 is 5.76. The third kappa shape index (κ3) is 3.13. The molecule has 1 aromatic rings. The molecule has 0 aliphatic rings. The van der Waals surface area contributed by atoms with Gasteiger partial charge in [-0.05, 0) is 18.6 Å². The van der Waals surface area contributed by atoms with Crippen LogP contribution in [0.15, 0.2) is 17.0 Å². The summed E-state index contributed by atoms with van der Waals surface area (Å²) in [5.41, 5.74) is 5.14. The number of halogens is 2. The molecule has 0 heterocycles. The fourth-order valence-corrected chi connectivity index (χ4v) is 3.14. The van der Waals surface area contributed by atoms with Crippen molar-refractivity contribution in [2.75, 3.05) is 19.3 Å². The van der Waals surface area contributed by atoms with Crippen molar-refractivity contribution in [3.8, 4) is 0 Å². The normalized spacial score (nSPS) is 12.1. The Bertz CT molecular complexity index is 534. The molecule has 0 spiro atoms. The molecule has 0 saturated heterocycles. The van der Waals surface area contributed by atoms with Crippen LogP contribution in [0.4, 0.5) is 10.1 Å². The second kappa shape index (κ2) is 5.86. The first-order valence-corrected chi connectivity index (χ1v) is 7.33. The predicted molar refractivity (Wildman–Crippen MR) is 70.5 cm³/mol. The van der Waals surface area contributed by atoms with Crippen LogP contribution in [-0.2, 0) is 10.0 Å². The first kappa shape index (κ1) is 15.2. The molecular weight excluding hydrogens is 279 g/mol. The number of rotatable bonds is 5. The molecule has 102 valence electrons. The van der Waals surface area contributed by atoms with Crippen molar-refractivity contribution in [2.24, 2.45) is 0 Å². The van der Waals surface area contributed by atoms with Gasteiger partial charge in [0.25, 0.3) is 0 Å². The molecule has 7 heteroatoms. The van der Waals surface area contributed by atoms with Gasteiger partial charge in [0.2, 0.25) is 10.0 Å². The molecule has 0 fully saturated rings. The van der Waals surface area contributed by atoms with Crippen molar-refractivity contribution in [3.05, 3.63) is 23.0 Å². The van der Waals surface area contributed by atoms with Gasteiger partial charge in [0.05, 0.1) is 10.7 Å². The minimum absolute atomic E-state index is 0.162. The second-order valence-electron chi connectivity index (χ2n) is 3.98. The third-order valence-corrected chi connectivity index (χ3v) is 4.89. The summed E-state index contributed by atoms with van der Waals surface area (Å²) in [4.78, 5) is -0.165. The van der Waals surface area contributed by atoms with E-state index in [4.69, 9.17) is 17.3 Å². The minimum Gasteiger partial charge on any atom is -0.396 e. The van der Waals surface area contributed by atoms with E-state index in [1.807, 2.05) is 6.92 Å².